The van der Waals surface area contributed by atoms with Crippen LogP contribution in [-0.2, 0) is 0 Å². The average molecular weight is 313 g/mol. The van der Waals surface area contributed by atoms with Gasteiger partial charge in [0.15, 0.2) is 0 Å². The number of nitrogens with one attached hydrogen (secondary N) is 2. The molecule has 0 spiro atoms. The standard InChI is InChI=1S/C18H23N3O2/c1-4-9-20-18(22)14-11-13(19)6-7-15(14)21-16-10-12(2)5-8-17(16)23-3/h5-8,10-11,21H,4,9,19H2,1-3H3,(H,20,22). The SMILES string of the molecule is CCCNC(=O)c1cc(N)ccc1Nc1cc(C)ccc1OC. The van der Waals surface area contributed by atoms with Crippen LogP contribution in [0.25, 0.3) is 0 Å². The minimum atomic E-state index is -0.145. The maximum Gasteiger partial charge on any atom is 0.253 e. The molecule has 0 radical (unpaired) electrons. The summed E-state index contributed by atoms with van der Waals surface area (Å²) in [7, 11) is 1.62. The summed E-state index contributed by atoms with van der Waals surface area (Å²) < 4.78 is 5.37. The molecule has 0 fully saturated rings. The Hall–Kier alpha value is -2.69. The molecule has 122 valence electrons. The first-order valence-corrected chi connectivity index (χ1v) is 7.64. The van der Waals surface area contributed by atoms with Gasteiger partial charge < -0.3 is 21.1 Å². The molecule has 0 heterocycles. The van der Waals surface area contributed by atoms with Gasteiger partial charge in [-0.2, -0.15) is 0 Å². The lowest BCUT2D eigenvalue weighted by Gasteiger charge is -2.15. The Morgan fingerprint density at radius 3 is 2.65 bits per heavy atom. The number of carbonyl (C=O) groups excluding carboxylic acids is 1. The van der Waals surface area contributed by atoms with Crippen molar-refractivity contribution in [2.24, 2.45) is 0 Å². The Kier molecular flexibility index (Phi) is 5.46. The average Bonchev–Trinajstić information content (AvgIpc) is 2.54. The van der Waals surface area contributed by atoms with Crippen molar-refractivity contribution in [3.05, 3.63) is 47.5 Å². The van der Waals surface area contributed by atoms with E-state index in [-0.39, 0.29) is 5.91 Å². The molecule has 2 rings (SSSR count). The zero-order valence-corrected chi connectivity index (χ0v) is 13.8. The van der Waals surface area contributed by atoms with Gasteiger partial charge in [0.1, 0.15) is 5.75 Å². The molecule has 0 atom stereocenters. The van der Waals surface area contributed by atoms with Crippen LogP contribution in [0.4, 0.5) is 17.1 Å². The van der Waals surface area contributed by atoms with Gasteiger partial charge in [-0.05, 0) is 49.2 Å². The number of hydrogen-bond acceptors (Lipinski definition) is 4. The van der Waals surface area contributed by atoms with Crippen LogP contribution in [0.15, 0.2) is 36.4 Å². The van der Waals surface area contributed by atoms with Gasteiger partial charge in [0.2, 0.25) is 0 Å². The predicted molar refractivity (Wildman–Crippen MR) is 94.5 cm³/mol. The van der Waals surface area contributed by atoms with Gasteiger partial charge in [0.05, 0.1) is 24.0 Å². The summed E-state index contributed by atoms with van der Waals surface area (Å²) >= 11 is 0. The van der Waals surface area contributed by atoms with E-state index in [9.17, 15) is 4.79 Å². The maximum absolute atomic E-state index is 12.4. The van der Waals surface area contributed by atoms with Crippen molar-refractivity contribution in [3.8, 4) is 5.75 Å². The zero-order chi connectivity index (χ0) is 16.8. The number of nitrogens with two attached hydrogens (primary N) is 1. The highest BCUT2D eigenvalue weighted by atomic mass is 16.5. The van der Waals surface area contributed by atoms with E-state index >= 15 is 0 Å². The molecule has 1 amide bonds. The Balaban J connectivity index is 2.36. The zero-order valence-electron chi connectivity index (χ0n) is 13.8. The quantitative estimate of drug-likeness (QED) is 0.714. The first kappa shape index (κ1) is 16.7. The van der Waals surface area contributed by atoms with Crippen LogP contribution in [0.2, 0.25) is 0 Å². The Bertz CT molecular complexity index is 699. The first-order valence-electron chi connectivity index (χ1n) is 7.64. The number of methoxy groups -OCH3 is 1. The third-order valence-electron chi connectivity index (χ3n) is 3.45. The van der Waals surface area contributed by atoms with Crippen molar-refractivity contribution < 1.29 is 9.53 Å². The molecule has 2 aromatic carbocycles. The van der Waals surface area contributed by atoms with Crippen LogP contribution in [-0.4, -0.2) is 19.6 Å². The highest BCUT2D eigenvalue weighted by Gasteiger charge is 2.13. The van der Waals surface area contributed by atoms with E-state index in [4.69, 9.17) is 10.5 Å². The van der Waals surface area contributed by atoms with E-state index in [2.05, 4.69) is 10.6 Å². The highest BCUT2D eigenvalue weighted by molar-refractivity contribution is 6.01. The minimum Gasteiger partial charge on any atom is -0.495 e. The van der Waals surface area contributed by atoms with E-state index in [1.54, 1.807) is 25.3 Å². The van der Waals surface area contributed by atoms with Crippen LogP contribution in [0, 0.1) is 6.92 Å². The molecule has 2 aromatic rings. The molecular formula is C18H23N3O2. The molecule has 0 aromatic heterocycles. The van der Waals surface area contributed by atoms with E-state index < -0.39 is 0 Å². The van der Waals surface area contributed by atoms with Gasteiger partial charge in [-0.15, -0.1) is 0 Å². The first-order chi connectivity index (χ1) is 11.0. The molecule has 4 N–H and O–H groups in total. The third-order valence-corrected chi connectivity index (χ3v) is 3.45. The van der Waals surface area contributed by atoms with E-state index in [0.717, 1.165) is 17.7 Å². The number of benzene rings is 2. The van der Waals surface area contributed by atoms with Gasteiger partial charge >= 0.3 is 0 Å². The van der Waals surface area contributed by atoms with Gasteiger partial charge in [0, 0.05) is 12.2 Å². The van der Waals surface area contributed by atoms with Crippen molar-refractivity contribution in [3.63, 3.8) is 0 Å². The van der Waals surface area contributed by atoms with Crippen molar-refractivity contribution in [1.82, 2.24) is 5.32 Å². The molecule has 0 saturated heterocycles. The van der Waals surface area contributed by atoms with Crippen molar-refractivity contribution in [2.45, 2.75) is 20.3 Å². The summed E-state index contributed by atoms with van der Waals surface area (Å²) in [5, 5.41) is 6.15. The number of aryl methyl sites for hydroxylation is 1. The lowest BCUT2D eigenvalue weighted by Crippen LogP contribution is -2.25. The summed E-state index contributed by atoms with van der Waals surface area (Å²) in [5.74, 6) is 0.570. The van der Waals surface area contributed by atoms with Crippen molar-refractivity contribution in [2.75, 3.05) is 24.7 Å². The second-order valence-electron chi connectivity index (χ2n) is 5.39. The molecule has 0 saturated carbocycles. The monoisotopic (exact) mass is 313 g/mol. The van der Waals surface area contributed by atoms with Crippen LogP contribution in [0.5, 0.6) is 5.75 Å². The third kappa shape index (κ3) is 4.16. The van der Waals surface area contributed by atoms with Gasteiger partial charge in [-0.1, -0.05) is 13.0 Å². The Labute approximate surface area is 136 Å². The summed E-state index contributed by atoms with van der Waals surface area (Å²) in [6, 6.07) is 11.1. The molecular weight excluding hydrogens is 290 g/mol. The predicted octanol–water partition coefficient (Wildman–Crippen LogP) is 3.47. The second-order valence-corrected chi connectivity index (χ2v) is 5.39. The fraction of sp³-hybridized carbons (Fsp3) is 0.278. The molecule has 0 aliphatic rings. The van der Waals surface area contributed by atoms with Gasteiger partial charge in [-0.3, -0.25) is 4.79 Å². The normalized spacial score (nSPS) is 10.2. The summed E-state index contributed by atoms with van der Waals surface area (Å²) in [4.78, 5) is 12.4. The lowest BCUT2D eigenvalue weighted by atomic mass is 10.1. The fourth-order valence-electron chi connectivity index (χ4n) is 2.26. The van der Waals surface area contributed by atoms with Crippen molar-refractivity contribution >= 4 is 23.0 Å². The topological polar surface area (TPSA) is 76.4 Å². The van der Waals surface area contributed by atoms with Crippen LogP contribution in [0.3, 0.4) is 0 Å². The minimum absolute atomic E-state index is 0.145. The molecule has 5 heteroatoms. The van der Waals surface area contributed by atoms with Gasteiger partial charge in [0.25, 0.3) is 5.91 Å². The molecule has 0 aliphatic carbocycles. The lowest BCUT2D eigenvalue weighted by molar-refractivity contribution is 0.0954. The number of ether oxygens (including phenoxy) is 1. The smallest absolute Gasteiger partial charge is 0.253 e. The number of anilines is 3. The Morgan fingerprint density at radius 1 is 1.17 bits per heavy atom. The molecule has 0 bridgehead atoms. The number of carbonyl (C=O) groups is 1. The number of rotatable bonds is 6. The molecule has 0 aliphatic heterocycles. The summed E-state index contributed by atoms with van der Waals surface area (Å²) in [6.45, 7) is 4.64. The highest BCUT2D eigenvalue weighted by Crippen LogP contribution is 2.30. The molecule has 5 nitrogen and oxygen atoms in total. The van der Waals surface area contributed by atoms with Crippen LogP contribution in [0.1, 0.15) is 29.3 Å². The fourth-order valence-corrected chi connectivity index (χ4v) is 2.26. The van der Waals surface area contributed by atoms with Crippen molar-refractivity contribution in [1.29, 1.82) is 0 Å². The number of hydrogen-bond donors (Lipinski definition) is 3. The van der Waals surface area contributed by atoms with Crippen LogP contribution < -0.4 is 21.1 Å². The van der Waals surface area contributed by atoms with E-state index in [1.807, 2.05) is 32.0 Å². The molecule has 23 heavy (non-hydrogen) atoms. The number of nitrogen functional groups attached to an aromatic ring is 1. The maximum atomic E-state index is 12.4. The van der Waals surface area contributed by atoms with Crippen LogP contribution >= 0.6 is 0 Å². The van der Waals surface area contributed by atoms with Gasteiger partial charge in [-0.25, -0.2) is 0 Å². The van der Waals surface area contributed by atoms with E-state index in [1.165, 1.54) is 0 Å². The number of amides is 1. The summed E-state index contributed by atoms with van der Waals surface area (Å²) in [6.07, 6.45) is 0.878. The Morgan fingerprint density at radius 2 is 1.96 bits per heavy atom. The largest absolute Gasteiger partial charge is 0.495 e. The molecule has 0 unspecified atom stereocenters. The summed E-state index contributed by atoms with van der Waals surface area (Å²) in [5.41, 5.74) is 9.50. The van der Waals surface area contributed by atoms with E-state index in [0.29, 0.717) is 29.2 Å². The second kappa shape index (κ2) is 7.54.